The van der Waals surface area contributed by atoms with Crippen LogP contribution < -0.4 is 10.6 Å². The first-order valence-electron chi connectivity index (χ1n) is 7.62. The third-order valence-electron chi connectivity index (χ3n) is 3.80. The van der Waals surface area contributed by atoms with Crippen LogP contribution in [0.3, 0.4) is 0 Å². The van der Waals surface area contributed by atoms with Crippen molar-refractivity contribution in [3.63, 3.8) is 0 Å². The molecule has 0 fully saturated rings. The number of rotatable bonds is 5. The van der Waals surface area contributed by atoms with Crippen molar-refractivity contribution in [3.8, 4) is 11.4 Å². The molecule has 0 unspecified atom stereocenters. The molecule has 5 nitrogen and oxygen atoms in total. The van der Waals surface area contributed by atoms with Crippen LogP contribution in [0, 0.1) is 0 Å². The van der Waals surface area contributed by atoms with Gasteiger partial charge >= 0.3 is 0 Å². The van der Waals surface area contributed by atoms with Gasteiger partial charge in [0.25, 0.3) is 0 Å². The van der Waals surface area contributed by atoms with E-state index in [1.54, 1.807) is 0 Å². The lowest BCUT2D eigenvalue weighted by atomic mass is 10.1. The summed E-state index contributed by atoms with van der Waals surface area (Å²) in [6.45, 7) is 0.544. The van der Waals surface area contributed by atoms with Crippen LogP contribution >= 0.6 is 0 Å². The van der Waals surface area contributed by atoms with Crippen molar-refractivity contribution in [1.29, 1.82) is 0 Å². The summed E-state index contributed by atoms with van der Waals surface area (Å²) in [4.78, 5) is 6.67. The van der Waals surface area contributed by atoms with E-state index in [1.807, 2.05) is 38.4 Å². The average molecular weight is 307 g/mol. The van der Waals surface area contributed by atoms with Crippen molar-refractivity contribution in [2.45, 2.75) is 13.0 Å². The van der Waals surface area contributed by atoms with Crippen LogP contribution in [0.25, 0.3) is 11.4 Å². The molecule has 118 valence electrons. The lowest BCUT2D eigenvalue weighted by molar-refractivity contribution is 0.972. The molecule has 0 amide bonds. The van der Waals surface area contributed by atoms with E-state index in [-0.39, 0.29) is 0 Å². The second-order valence-electron chi connectivity index (χ2n) is 5.74. The van der Waals surface area contributed by atoms with Crippen LogP contribution in [0.5, 0.6) is 0 Å². The lowest BCUT2D eigenvalue weighted by Crippen LogP contribution is -2.08. The minimum atomic E-state index is 0.544. The Morgan fingerprint density at radius 2 is 1.61 bits per heavy atom. The maximum Gasteiger partial charge on any atom is 0.181 e. The van der Waals surface area contributed by atoms with Gasteiger partial charge in [0.15, 0.2) is 5.82 Å². The first-order valence-corrected chi connectivity index (χ1v) is 7.62. The molecule has 0 bridgehead atoms. The zero-order chi connectivity index (χ0) is 16.2. The van der Waals surface area contributed by atoms with Gasteiger partial charge in [0.1, 0.15) is 5.82 Å². The van der Waals surface area contributed by atoms with Crippen molar-refractivity contribution in [2.24, 2.45) is 5.73 Å². The number of aromatic amines is 1. The van der Waals surface area contributed by atoms with E-state index < -0.39 is 0 Å². The Bertz CT molecular complexity index is 757. The number of H-pyrrole nitrogens is 1. The molecule has 0 saturated carbocycles. The second-order valence-corrected chi connectivity index (χ2v) is 5.74. The summed E-state index contributed by atoms with van der Waals surface area (Å²) in [5, 5.41) is 7.33. The summed E-state index contributed by atoms with van der Waals surface area (Å²) in [6.07, 6.45) is 0.738. The summed E-state index contributed by atoms with van der Waals surface area (Å²) in [7, 11) is 4.07. The molecule has 0 radical (unpaired) electrons. The average Bonchev–Trinajstić information content (AvgIpc) is 3.04. The summed E-state index contributed by atoms with van der Waals surface area (Å²) in [5.74, 6) is 1.58. The SMILES string of the molecule is CN(C)c1ccc(Cc2nc(-c3ccc(CN)cc3)n[nH]2)cc1. The smallest absolute Gasteiger partial charge is 0.181 e. The molecule has 2 aromatic carbocycles. The van der Waals surface area contributed by atoms with E-state index >= 15 is 0 Å². The molecule has 3 aromatic rings. The van der Waals surface area contributed by atoms with E-state index in [9.17, 15) is 0 Å². The number of hydrogen-bond acceptors (Lipinski definition) is 4. The van der Waals surface area contributed by atoms with Gasteiger partial charge in [-0.15, -0.1) is 0 Å². The van der Waals surface area contributed by atoms with Crippen molar-refractivity contribution in [3.05, 3.63) is 65.5 Å². The van der Waals surface area contributed by atoms with Gasteiger partial charge in [-0.2, -0.15) is 5.10 Å². The van der Waals surface area contributed by atoms with Gasteiger partial charge in [0.05, 0.1) is 0 Å². The van der Waals surface area contributed by atoms with Crippen molar-refractivity contribution in [2.75, 3.05) is 19.0 Å². The van der Waals surface area contributed by atoms with Gasteiger partial charge in [-0.3, -0.25) is 5.10 Å². The summed E-state index contributed by atoms with van der Waals surface area (Å²) >= 11 is 0. The molecule has 0 atom stereocenters. The number of hydrogen-bond donors (Lipinski definition) is 2. The monoisotopic (exact) mass is 307 g/mol. The fraction of sp³-hybridized carbons (Fsp3) is 0.222. The number of nitrogens with one attached hydrogen (secondary N) is 1. The molecular formula is C18H21N5. The third kappa shape index (κ3) is 3.57. The number of anilines is 1. The highest BCUT2D eigenvalue weighted by atomic mass is 15.2. The maximum atomic E-state index is 5.62. The number of aromatic nitrogens is 3. The van der Waals surface area contributed by atoms with E-state index in [1.165, 1.54) is 11.3 Å². The summed E-state index contributed by atoms with van der Waals surface area (Å²) in [6, 6.07) is 16.5. The molecule has 3 rings (SSSR count). The zero-order valence-corrected chi connectivity index (χ0v) is 13.5. The van der Waals surface area contributed by atoms with E-state index in [0.717, 1.165) is 23.4 Å². The van der Waals surface area contributed by atoms with Crippen LogP contribution in [0.1, 0.15) is 17.0 Å². The first-order chi connectivity index (χ1) is 11.2. The van der Waals surface area contributed by atoms with E-state index in [4.69, 9.17) is 5.73 Å². The quantitative estimate of drug-likeness (QED) is 0.760. The maximum absolute atomic E-state index is 5.62. The molecule has 5 heteroatoms. The molecule has 0 aliphatic rings. The van der Waals surface area contributed by atoms with Gasteiger partial charge in [0.2, 0.25) is 0 Å². The van der Waals surface area contributed by atoms with Crippen molar-refractivity contribution >= 4 is 5.69 Å². The van der Waals surface area contributed by atoms with Crippen LogP contribution in [0.2, 0.25) is 0 Å². The van der Waals surface area contributed by atoms with Gasteiger partial charge in [-0.05, 0) is 23.3 Å². The number of nitrogens with two attached hydrogens (primary N) is 1. The van der Waals surface area contributed by atoms with Crippen molar-refractivity contribution < 1.29 is 0 Å². The summed E-state index contributed by atoms with van der Waals surface area (Å²) in [5.41, 5.74) is 10.1. The van der Waals surface area contributed by atoms with Crippen LogP contribution in [0.4, 0.5) is 5.69 Å². The molecule has 3 N–H and O–H groups in total. The Balaban J connectivity index is 1.73. The fourth-order valence-corrected chi connectivity index (χ4v) is 2.40. The standard InChI is InChI=1S/C18H21N5/c1-23(2)16-9-5-13(6-10-16)11-17-20-18(22-21-17)15-7-3-14(12-19)4-8-15/h3-10H,11-12,19H2,1-2H3,(H,20,21,22). The molecule has 0 aliphatic carbocycles. The summed E-state index contributed by atoms with van der Waals surface area (Å²) < 4.78 is 0. The highest BCUT2D eigenvalue weighted by Gasteiger charge is 2.07. The Kier molecular flexibility index (Phi) is 4.39. The van der Waals surface area contributed by atoms with Gasteiger partial charge in [0, 0.05) is 38.3 Å². The van der Waals surface area contributed by atoms with E-state index in [2.05, 4.69) is 44.3 Å². The highest BCUT2D eigenvalue weighted by Crippen LogP contribution is 2.17. The largest absolute Gasteiger partial charge is 0.378 e. The molecule has 1 heterocycles. The Morgan fingerprint density at radius 3 is 2.22 bits per heavy atom. The van der Waals surface area contributed by atoms with Crippen LogP contribution in [-0.2, 0) is 13.0 Å². The van der Waals surface area contributed by atoms with Gasteiger partial charge in [-0.25, -0.2) is 4.98 Å². The molecule has 23 heavy (non-hydrogen) atoms. The Hall–Kier alpha value is -2.66. The zero-order valence-electron chi connectivity index (χ0n) is 13.5. The predicted octanol–water partition coefficient (Wildman–Crippen LogP) is 2.59. The molecule has 0 aliphatic heterocycles. The Morgan fingerprint density at radius 1 is 0.957 bits per heavy atom. The van der Waals surface area contributed by atoms with Crippen molar-refractivity contribution in [1.82, 2.24) is 15.2 Å². The van der Waals surface area contributed by atoms with Crippen LogP contribution in [0.15, 0.2) is 48.5 Å². The van der Waals surface area contributed by atoms with E-state index in [0.29, 0.717) is 12.4 Å². The third-order valence-corrected chi connectivity index (χ3v) is 3.80. The molecule has 0 saturated heterocycles. The van der Waals surface area contributed by atoms with Gasteiger partial charge in [-0.1, -0.05) is 36.4 Å². The highest BCUT2D eigenvalue weighted by molar-refractivity contribution is 5.55. The first kappa shape index (κ1) is 15.2. The minimum Gasteiger partial charge on any atom is -0.378 e. The predicted molar refractivity (Wildman–Crippen MR) is 93.3 cm³/mol. The van der Waals surface area contributed by atoms with Crippen LogP contribution in [-0.4, -0.2) is 29.3 Å². The second kappa shape index (κ2) is 6.62. The molecule has 1 aromatic heterocycles. The normalized spacial score (nSPS) is 10.7. The van der Waals surface area contributed by atoms with Gasteiger partial charge < -0.3 is 10.6 Å². The molecule has 0 spiro atoms. The topological polar surface area (TPSA) is 70.8 Å². The number of benzene rings is 2. The molecular weight excluding hydrogens is 286 g/mol. The Labute approximate surface area is 136 Å². The minimum absolute atomic E-state index is 0.544. The fourth-order valence-electron chi connectivity index (χ4n) is 2.40. The lowest BCUT2D eigenvalue weighted by Gasteiger charge is -2.12. The number of nitrogens with zero attached hydrogens (tertiary/aromatic N) is 3.